The zero-order valence-corrected chi connectivity index (χ0v) is 7.92. The van der Waals surface area contributed by atoms with Crippen LogP contribution in [0.25, 0.3) is 0 Å². The highest BCUT2D eigenvalue weighted by Crippen LogP contribution is 2.21. The summed E-state index contributed by atoms with van der Waals surface area (Å²) in [4.78, 5) is 20.6. The molecule has 0 saturated heterocycles. The minimum absolute atomic E-state index is 0.0907. The molecule has 0 unspecified atom stereocenters. The molecule has 3 heteroatoms. The zero-order valence-electron chi connectivity index (χ0n) is 7.92. The summed E-state index contributed by atoms with van der Waals surface area (Å²) in [6, 6.07) is 0. The van der Waals surface area contributed by atoms with Crippen molar-refractivity contribution < 1.29 is 14.3 Å². The Hall–Kier alpha value is -0.860. The summed E-state index contributed by atoms with van der Waals surface area (Å²) in [7, 11) is 0. The van der Waals surface area contributed by atoms with Crippen LogP contribution < -0.4 is 0 Å². The van der Waals surface area contributed by atoms with Crippen LogP contribution >= 0.6 is 0 Å². The van der Waals surface area contributed by atoms with Crippen LogP contribution in [0.1, 0.15) is 33.6 Å². The van der Waals surface area contributed by atoms with E-state index in [9.17, 15) is 9.59 Å². The molecule has 0 aliphatic carbocycles. The van der Waals surface area contributed by atoms with Crippen molar-refractivity contribution in [3.8, 4) is 0 Å². The summed E-state index contributed by atoms with van der Waals surface area (Å²) in [5.74, 6) is -0.269. The van der Waals surface area contributed by atoms with E-state index in [1.807, 2.05) is 13.8 Å². The van der Waals surface area contributed by atoms with Gasteiger partial charge < -0.3 is 9.53 Å². The zero-order chi connectivity index (χ0) is 9.61. The van der Waals surface area contributed by atoms with E-state index in [1.165, 1.54) is 6.92 Å². The summed E-state index contributed by atoms with van der Waals surface area (Å²) in [5.41, 5.74) is -0.0907. The predicted molar refractivity (Wildman–Crippen MR) is 45.7 cm³/mol. The summed E-state index contributed by atoms with van der Waals surface area (Å²) in [6.45, 7) is 5.71. The van der Waals surface area contributed by atoms with Crippen molar-refractivity contribution in [1.82, 2.24) is 0 Å². The minimum atomic E-state index is -0.269. The Labute approximate surface area is 73.1 Å². The van der Waals surface area contributed by atoms with Crippen LogP contribution in [0.15, 0.2) is 0 Å². The Bertz CT molecular complexity index is 161. The summed E-state index contributed by atoms with van der Waals surface area (Å²) < 4.78 is 4.85. The molecule has 0 atom stereocenters. The quantitative estimate of drug-likeness (QED) is 0.467. The molecule has 0 radical (unpaired) electrons. The number of carbonyl (C=O) groups excluding carboxylic acids is 2. The van der Waals surface area contributed by atoms with E-state index in [2.05, 4.69) is 0 Å². The third kappa shape index (κ3) is 5.89. The fraction of sp³-hybridized carbons (Fsp3) is 0.778. The van der Waals surface area contributed by atoms with Crippen molar-refractivity contribution in [2.75, 3.05) is 6.61 Å². The van der Waals surface area contributed by atoms with Crippen LogP contribution in [0.5, 0.6) is 0 Å². The van der Waals surface area contributed by atoms with Crippen LogP contribution in [-0.2, 0) is 14.3 Å². The smallest absolute Gasteiger partial charge is 0.302 e. The van der Waals surface area contributed by atoms with Gasteiger partial charge in [0.25, 0.3) is 0 Å². The highest BCUT2D eigenvalue weighted by molar-refractivity contribution is 5.65. The van der Waals surface area contributed by atoms with Crippen molar-refractivity contribution in [2.45, 2.75) is 33.6 Å². The van der Waals surface area contributed by atoms with Crippen molar-refractivity contribution >= 4 is 12.3 Å². The van der Waals surface area contributed by atoms with Gasteiger partial charge in [0.05, 0.1) is 6.61 Å². The lowest BCUT2D eigenvalue weighted by atomic mass is 9.89. The highest BCUT2D eigenvalue weighted by Gasteiger charge is 2.18. The standard InChI is InChI=1S/C9H16O3/c1-8(11)12-7-9(2,3)5-4-6-10/h6H,4-5,7H2,1-3H3. The Kier molecular flexibility index (Phi) is 4.55. The van der Waals surface area contributed by atoms with Crippen molar-refractivity contribution in [2.24, 2.45) is 5.41 Å². The number of rotatable bonds is 5. The van der Waals surface area contributed by atoms with E-state index in [0.717, 1.165) is 12.7 Å². The molecule has 0 aliphatic rings. The van der Waals surface area contributed by atoms with Gasteiger partial charge in [0, 0.05) is 13.3 Å². The first-order valence-corrected chi connectivity index (χ1v) is 4.05. The van der Waals surface area contributed by atoms with E-state index in [0.29, 0.717) is 13.0 Å². The highest BCUT2D eigenvalue weighted by atomic mass is 16.5. The lowest BCUT2D eigenvalue weighted by Crippen LogP contribution is -2.21. The maximum atomic E-state index is 10.5. The Morgan fingerprint density at radius 3 is 2.50 bits per heavy atom. The summed E-state index contributed by atoms with van der Waals surface area (Å²) in [5, 5.41) is 0. The van der Waals surface area contributed by atoms with Gasteiger partial charge in [-0.2, -0.15) is 0 Å². The molecule has 0 aromatic carbocycles. The maximum Gasteiger partial charge on any atom is 0.302 e. The van der Waals surface area contributed by atoms with Crippen LogP contribution in [0.3, 0.4) is 0 Å². The van der Waals surface area contributed by atoms with Gasteiger partial charge in [0.2, 0.25) is 0 Å². The van der Waals surface area contributed by atoms with Gasteiger partial charge in [-0.1, -0.05) is 13.8 Å². The van der Waals surface area contributed by atoms with E-state index in [4.69, 9.17) is 4.74 Å². The number of esters is 1. The van der Waals surface area contributed by atoms with Crippen LogP contribution in [0.2, 0.25) is 0 Å². The third-order valence-electron chi connectivity index (χ3n) is 1.61. The second kappa shape index (κ2) is 4.91. The molecule has 0 saturated carbocycles. The third-order valence-corrected chi connectivity index (χ3v) is 1.61. The molecule has 70 valence electrons. The van der Waals surface area contributed by atoms with E-state index < -0.39 is 0 Å². The van der Waals surface area contributed by atoms with E-state index >= 15 is 0 Å². The average Bonchev–Trinajstić information content (AvgIpc) is 1.98. The summed E-state index contributed by atoms with van der Waals surface area (Å²) >= 11 is 0. The minimum Gasteiger partial charge on any atom is -0.465 e. The van der Waals surface area contributed by atoms with Crippen molar-refractivity contribution in [1.29, 1.82) is 0 Å². The molecular weight excluding hydrogens is 156 g/mol. The van der Waals surface area contributed by atoms with Gasteiger partial charge >= 0.3 is 5.97 Å². The van der Waals surface area contributed by atoms with Gasteiger partial charge in [0.15, 0.2) is 0 Å². The largest absolute Gasteiger partial charge is 0.465 e. The van der Waals surface area contributed by atoms with Crippen molar-refractivity contribution in [3.05, 3.63) is 0 Å². The Morgan fingerprint density at radius 2 is 2.08 bits per heavy atom. The topological polar surface area (TPSA) is 43.4 Å². The van der Waals surface area contributed by atoms with Crippen LogP contribution in [-0.4, -0.2) is 18.9 Å². The molecule has 0 aromatic rings. The second-order valence-corrected chi connectivity index (χ2v) is 3.65. The number of aldehydes is 1. The molecule has 0 amide bonds. The average molecular weight is 172 g/mol. The molecule has 0 bridgehead atoms. The first kappa shape index (κ1) is 11.1. The molecule has 0 N–H and O–H groups in total. The first-order valence-electron chi connectivity index (χ1n) is 4.05. The number of hydrogen-bond acceptors (Lipinski definition) is 3. The van der Waals surface area contributed by atoms with Gasteiger partial charge in [-0.25, -0.2) is 0 Å². The van der Waals surface area contributed by atoms with Gasteiger partial charge in [0.1, 0.15) is 6.29 Å². The molecule has 0 rings (SSSR count). The number of carbonyl (C=O) groups is 2. The first-order chi connectivity index (χ1) is 5.48. The molecule has 0 aromatic heterocycles. The van der Waals surface area contributed by atoms with Crippen molar-refractivity contribution in [3.63, 3.8) is 0 Å². The second-order valence-electron chi connectivity index (χ2n) is 3.65. The summed E-state index contributed by atoms with van der Waals surface area (Å²) in [6.07, 6.45) is 2.16. The van der Waals surface area contributed by atoms with Gasteiger partial charge in [-0.3, -0.25) is 4.79 Å². The molecular formula is C9H16O3. The van der Waals surface area contributed by atoms with Gasteiger partial charge in [-0.15, -0.1) is 0 Å². The van der Waals surface area contributed by atoms with Crippen LogP contribution in [0.4, 0.5) is 0 Å². The molecule has 0 aliphatic heterocycles. The lowest BCUT2D eigenvalue weighted by Gasteiger charge is -2.22. The number of hydrogen-bond donors (Lipinski definition) is 0. The lowest BCUT2D eigenvalue weighted by molar-refractivity contribution is -0.144. The van der Waals surface area contributed by atoms with Crippen LogP contribution in [0, 0.1) is 5.41 Å². The monoisotopic (exact) mass is 172 g/mol. The fourth-order valence-corrected chi connectivity index (χ4v) is 0.819. The molecule has 0 spiro atoms. The Morgan fingerprint density at radius 1 is 1.50 bits per heavy atom. The Balaban J connectivity index is 3.69. The van der Waals surface area contributed by atoms with Gasteiger partial charge in [-0.05, 0) is 11.8 Å². The SMILES string of the molecule is CC(=O)OCC(C)(C)CCC=O. The molecule has 3 nitrogen and oxygen atoms in total. The normalized spacial score (nSPS) is 10.9. The predicted octanol–water partition coefficient (Wildman–Crippen LogP) is 1.55. The fourth-order valence-electron chi connectivity index (χ4n) is 0.819. The maximum absolute atomic E-state index is 10.5. The molecule has 12 heavy (non-hydrogen) atoms. The molecule has 0 heterocycles. The van der Waals surface area contributed by atoms with E-state index in [1.54, 1.807) is 0 Å². The molecule has 0 fully saturated rings. The van der Waals surface area contributed by atoms with E-state index in [-0.39, 0.29) is 11.4 Å². The number of ether oxygens (including phenoxy) is 1.